The Morgan fingerprint density at radius 3 is 2.66 bits per heavy atom. The lowest BCUT2D eigenvalue weighted by Crippen LogP contribution is -2.40. The van der Waals surface area contributed by atoms with Gasteiger partial charge in [0.25, 0.3) is 5.91 Å². The topological polar surface area (TPSA) is 105 Å². The van der Waals surface area contributed by atoms with Crippen LogP contribution in [0.15, 0.2) is 40.6 Å². The maximum absolute atomic E-state index is 12.8. The predicted octanol–water partition coefficient (Wildman–Crippen LogP) is 1.84. The van der Waals surface area contributed by atoms with Gasteiger partial charge in [-0.1, -0.05) is 12.1 Å². The largest absolute Gasteiger partial charge is 0.379 e. The quantitative estimate of drug-likeness (QED) is 0.688. The monoisotopic (exact) mass is 437 g/mol. The van der Waals surface area contributed by atoms with Crippen molar-refractivity contribution in [3.05, 3.63) is 46.2 Å². The maximum atomic E-state index is 12.8. The van der Waals surface area contributed by atoms with Crippen molar-refractivity contribution >= 4 is 38.9 Å². The van der Waals surface area contributed by atoms with Gasteiger partial charge >= 0.3 is 0 Å². The smallest absolute Gasteiger partial charge is 0.261 e. The summed E-state index contributed by atoms with van der Waals surface area (Å²) in [5.74, 6) is -0.525. The van der Waals surface area contributed by atoms with Crippen LogP contribution in [0.1, 0.15) is 21.7 Å². The summed E-state index contributed by atoms with van der Waals surface area (Å²) in [6.07, 6.45) is 0.0804. The Bertz CT molecular complexity index is 968. The van der Waals surface area contributed by atoms with E-state index in [4.69, 9.17) is 4.74 Å². The van der Waals surface area contributed by atoms with Crippen molar-refractivity contribution < 1.29 is 22.7 Å². The molecule has 8 nitrogen and oxygen atoms in total. The molecule has 2 aromatic rings. The fraction of sp³-hybridized carbons (Fsp3) is 0.368. The third kappa shape index (κ3) is 5.41. The summed E-state index contributed by atoms with van der Waals surface area (Å²) >= 11 is 1.33. The van der Waals surface area contributed by atoms with E-state index < -0.39 is 10.0 Å². The number of aryl methyl sites for hydroxylation is 1. The summed E-state index contributed by atoms with van der Waals surface area (Å²) in [6.45, 7) is 3.33. The first-order valence-corrected chi connectivity index (χ1v) is 11.5. The highest BCUT2D eigenvalue weighted by Gasteiger charge is 2.26. The van der Waals surface area contributed by atoms with Gasteiger partial charge in [0, 0.05) is 31.7 Å². The predicted molar refractivity (Wildman–Crippen MR) is 111 cm³/mol. The Kier molecular flexibility index (Phi) is 7.01. The molecule has 29 heavy (non-hydrogen) atoms. The van der Waals surface area contributed by atoms with E-state index in [1.54, 1.807) is 25.1 Å². The molecule has 2 heterocycles. The maximum Gasteiger partial charge on any atom is 0.261 e. The Morgan fingerprint density at radius 2 is 1.97 bits per heavy atom. The number of morpholine rings is 1. The molecule has 1 aromatic heterocycles. The second-order valence-electron chi connectivity index (χ2n) is 6.52. The Labute approximate surface area is 173 Å². The minimum absolute atomic E-state index is 0.0804. The molecule has 2 amide bonds. The van der Waals surface area contributed by atoms with E-state index in [0.717, 1.165) is 5.56 Å². The third-order valence-electron chi connectivity index (χ3n) is 4.47. The van der Waals surface area contributed by atoms with Crippen LogP contribution < -0.4 is 10.6 Å². The highest BCUT2D eigenvalue weighted by atomic mass is 32.2. The highest BCUT2D eigenvalue weighted by Crippen LogP contribution is 2.23. The lowest BCUT2D eigenvalue weighted by atomic mass is 10.2. The lowest BCUT2D eigenvalue weighted by molar-refractivity contribution is -0.116. The van der Waals surface area contributed by atoms with E-state index in [9.17, 15) is 18.0 Å². The minimum Gasteiger partial charge on any atom is -0.379 e. The van der Waals surface area contributed by atoms with Gasteiger partial charge < -0.3 is 15.4 Å². The van der Waals surface area contributed by atoms with Crippen molar-refractivity contribution in [1.29, 1.82) is 0 Å². The second kappa shape index (κ2) is 9.49. The van der Waals surface area contributed by atoms with E-state index in [2.05, 4.69) is 10.6 Å². The Morgan fingerprint density at radius 1 is 1.21 bits per heavy atom. The van der Waals surface area contributed by atoms with Crippen LogP contribution in [0.25, 0.3) is 0 Å². The van der Waals surface area contributed by atoms with Gasteiger partial charge in [0.1, 0.15) is 0 Å². The zero-order valence-electron chi connectivity index (χ0n) is 16.0. The zero-order valence-corrected chi connectivity index (χ0v) is 17.6. The number of sulfonamides is 1. The third-order valence-corrected chi connectivity index (χ3v) is 7.24. The lowest BCUT2D eigenvalue weighted by Gasteiger charge is -2.26. The summed E-state index contributed by atoms with van der Waals surface area (Å²) in [5, 5.41) is 7.24. The summed E-state index contributed by atoms with van der Waals surface area (Å²) in [5.41, 5.74) is 1.19. The number of hydrogen-bond acceptors (Lipinski definition) is 6. The first-order chi connectivity index (χ1) is 13.9. The van der Waals surface area contributed by atoms with Crippen LogP contribution in [0.3, 0.4) is 0 Å². The van der Waals surface area contributed by atoms with Crippen molar-refractivity contribution in [2.45, 2.75) is 18.2 Å². The summed E-state index contributed by atoms with van der Waals surface area (Å²) < 4.78 is 32.2. The van der Waals surface area contributed by atoms with E-state index in [0.29, 0.717) is 36.9 Å². The number of rotatable bonds is 7. The molecule has 2 N–H and O–H groups in total. The molecule has 0 saturated carbocycles. The van der Waals surface area contributed by atoms with Gasteiger partial charge in [0.15, 0.2) is 0 Å². The van der Waals surface area contributed by atoms with E-state index in [1.807, 2.05) is 5.38 Å². The van der Waals surface area contributed by atoms with Crippen LogP contribution in [0.2, 0.25) is 0 Å². The first-order valence-electron chi connectivity index (χ1n) is 9.18. The number of ether oxygens (including phenoxy) is 1. The molecule has 10 heteroatoms. The van der Waals surface area contributed by atoms with Crippen molar-refractivity contribution in [3.63, 3.8) is 0 Å². The number of carbonyl (C=O) groups excluding carboxylic acids is 2. The number of nitrogens with zero attached hydrogens (tertiary/aromatic N) is 1. The fourth-order valence-electron chi connectivity index (χ4n) is 2.83. The normalized spacial score (nSPS) is 15.1. The van der Waals surface area contributed by atoms with Crippen molar-refractivity contribution in [2.24, 2.45) is 0 Å². The summed E-state index contributed by atoms with van der Waals surface area (Å²) in [6, 6.07) is 8.18. The molecule has 0 radical (unpaired) electrons. The van der Waals surface area contributed by atoms with E-state index >= 15 is 0 Å². The highest BCUT2D eigenvalue weighted by molar-refractivity contribution is 7.89. The van der Waals surface area contributed by atoms with Gasteiger partial charge in [-0.05, 0) is 36.1 Å². The SMILES string of the molecule is Cc1ccc(S(=O)(=O)N2CCOCC2)cc1NC(=O)CCNC(=O)c1cccs1. The van der Waals surface area contributed by atoms with Crippen LogP contribution in [0, 0.1) is 6.92 Å². The van der Waals surface area contributed by atoms with E-state index in [-0.39, 0.29) is 29.7 Å². The number of hydrogen-bond donors (Lipinski definition) is 2. The number of nitrogens with one attached hydrogen (secondary N) is 2. The van der Waals surface area contributed by atoms with Crippen molar-refractivity contribution in [3.8, 4) is 0 Å². The standard InChI is InChI=1S/C19H23N3O5S2/c1-14-4-5-15(29(25,26)22-8-10-27-11-9-22)13-16(14)21-18(23)6-7-20-19(24)17-3-2-12-28-17/h2-5,12-13H,6-11H2,1H3,(H,20,24)(H,21,23). The molecule has 0 unspecified atom stereocenters. The first kappa shape index (κ1) is 21.4. The van der Waals surface area contributed by atoms with Gasteiger partial charge in [-0.15, -0.1) is 11.3 Å². The molecule has 0 aliphatic carbocycles. The molecule has 1 fully saturated rings. The molecule has 1 saturated heterocycles. The molecule has 156 valence electrons. The van der Waals surface area contributed by atoms with Gasteiger partial charge in [0.05, 0.1) is 23.0 Å². The van der Waals surface area contributed by atoms with Crippen LogP contribution in [-0.4, -0.2) is 57.4 Å². The van der Waals surface area contributed by atoms with Gasteiger partial charge in [-0.3, -0.25) is 9.59 Å². The molecule has 0 spiro atoms. The number of thiophene rings is 1. The average molecular weight is 438 g/mol. The van der Waals surface area contributed by atoms with Gasteiger partial charge in [-0.2, -0.15) is 4.31 Å². The molecule has 1 aliphatic heterocycles. The molecule has 1 aromatic carbocycles. The average Bonchev–Trinajstić information content (AvgIpc) is 3.25. The van der Waals surface area contributed by atoms with Crippen LogP contribution in [0.5, 0.6) is 0 Å². The number of amides is 2. The number of carbonyl (C=O) groups is 2. The van der Waals surface area contributed by atoms with Crippen molar-refractivity contribution in [1.82, 2.24) is 9.62 Å². The second-order valence-corrected chi connectivity index (χ2v) is 9.41. The van der Waals surface area contributed by atoms with Crippen LogP contribution in [-0.2, 0) is 19.6 Å². The Hall–Kier alpha value is -2.27. The van der Waals surface area contributed by atoms with Gasteiger partial charge in [-0.25, -0.2) is 8.42 Å². The van der Waals surface area contributed by atoms with Gasteiger partial charge in [0.2, 0.25) is 15.9 Å². The molecule has 1 aliphatic rings. The molecule has 3 rings (SSSR count). The fourth-order valence-corrected chi connectivity index (χ4v) is 4.90. The van der Waals surface area contributed by atoms with Crippen molar-refractivity contribution in [2.75, 3.05) is 38.2 Å². The minimum atomic E-state index is -3.64. The number of anilines is 1. The zero-order chi connectivity index (χ0) is 20.9. The van der Waals surface area contributed by atoms with Crippen LogP contribution in [0.4, 0.5) is 5.69 Å². The number of benzene rings is 1. The Balaban J connectivity index is 1.60. The molecule has 0 atom stereocenters. The summed E-state index contributed by atoms with van der Waals surface area (Å²) in [7, 11) is -3.64. The molecular weight excluding hydrogens is 414 g/mol. The summed E-state index contributed by atoms with van der Waals surface area (Å²) in [4.78, 5) is 24.9. The molecule has 0 bridgehead atoms. The molecular formula is C19H23N3O5S2. The van der Waals surface area contributed by atoms with Crippen LogP contribution >= 0.6 is 11.3 Å². The van der Waals surface area contributed by atoms with E-state index in [1.165, 1.54) is 27.8 Å².